The van der Waals surface area contributed by atoms with Crippen LogP contribution in [0.3, 0.4) is 0 Å². The van der Waals surface area contributed by atoms with Gasteiger partial charge >= 0.3 is 5.97 Å². The van der Waals surface area contributed by atoms with Crippen molar-refractivity contribution in [2.75, 3.05) is 7.11 Å². The minimum Gasteiger partial charge on any atom is -0.497 e. The van der Waals surface area contributed by atoms with E-state index in [1.54, 1.807) is 12.1 Å². The monoisotopic (exact) mass is 520 g/mol. The first-order chi connectivity index (χ1) is 17.9. The molecule has 3 aromatic rings. The van der Waals surface area contributed by atoms with Crippen LogP contribution in [0.1, 0.15) is 75.7 Å². The van der Waals surface area contributed by atoms with E-state index in [1.165, 1.54) is 13.2 Å². The van der Waals surface area contributed by atoms with E-state index in [1.807, 2.05) is 63.2 Å². The molecule has 4 rings (SSSR count). The molecular formula is C32H37FO5. The van der Waals surface area contributed by atoms with Crippen molar-refractivity contribution in [1.82, 2.24) is 0 Å². The smallest absolute Gasteiger partial charge is 0.303 e. The molecule has 0 saturated heterocycles. The number of hydrogen-bond acceptors (Lipinski definition) is 4. The van der Waals surface area contributed by atoms with Gasteiger partial charge < -0.3 is 19.7 Å². The van der Waals surface area contributed by atoms with Crippen LogP contribution in [-0.4, -0.2) is 23.3 Å². The van der Waals surface area contributed by atoms with Crippen LogP contribution in [-0.2, 0) is 11.4 Å². The van der Waals surface area contributed by atoms with E-state index >= 15 is 0 Å². The van der Waals surface area contributed by atoms with Crippen LogP contribution in [0.15, 0.2) is 60.7 Å². The van der Waals surface area contributed by atoms with Gasteiger partial charge in [0, 0.05) is 5.56 Å². The standard InChI is InChI=1S/C32H37FO5/c1-31(2,3)30(36)26-15-20(9-11-24(26)25-17-22(37-5)10-12-28(25)33)19-38-23-8-6-7-21(16-23)27(18-29(34)35)32(4)13-14-32/h6-12,15-17,27,30,36H,13-14,18-19H2,1-5H3,(H,34,35)/t27-,30?/m1/s1. The zero-order valence-electron chi connectivity index (χ0n) is 22.8. The molecule has 0 aromatic heterocycles. The van der Waals surface area contributed by atoms with Crippen LogP contribution >= 0.6 is 0 Å². The Hall–Kier alpha value is -3.38. The second kappa shape index (κ2) is 10.8. The van der Waals surface area contributed by atoms with Gasteiger partial charge in [-0.05, 0) is 88.2 Å². The maximum atomic E-state index is 14.9. The maximum Gasteiger partial charge on any atom is 0.303 e. The molecule has 0 radical (unpaired) electrons. The summed E-state index contributed by atoms with van der Waals surface area (Å²) in [6.45, 7) is 8.20. The molecule has 1 fully saturated rings. The Kier molecular flexibility index (Phi) is 7.84. The number of carboxylic acids is 1. The van der Waals surface area contributed by atoms with Gasteiger partial charge in [0.1, 0.15) is 23.9 Å². The summed E-state index contributed by atoms with van der Waals surface area (Å²) in [5.41, 5.74) is 2.91. The number of aliphatic hydroxyl groups is 1. The van der Waals surface area contributed by atoms with Crippen molar-refractivity contribution >= 4 is 5.97 Å². The molecule has 6 heteroatoms. The first-order valence-electron chi connectivity index (χ1n) is 13.0. The fraction of sp³-hybridized carbons (Fsp3) is 0.406. The van der Waals surface area contributed by atoms with Crippen LogP contribution in [0.5, 0.6) is 11.5 Å². The lowest BCUT2D eigenvalue weighted by atomic mass is 9.81. The van der Waals surface area contributed by atoms with Crippen LogP contribution in [0.4, 0.5) is 4.39 Å². The summed E-state index contributed by atoms with van der Waals surface area (Å²) in [6, 6.07) is 17.8. The Morgan fingerprint density at radius 2 is 1.76 bits per heavy atom. The summed E-state index contributed by atoms with van der Waals surface area (Å²) in [6.07, 6.45) is 1.29. The molecule has 1 aliphatic rings. The Morgan fingerprint density at radius 1 is 1.03 bits per heavy atom. The molecule has 0 aliphatic heterocycles. The van der Waals surface area contributed by atoms with Crippen molar-refractivity contribution in [3.63, 3.8) is 0 Å². The lowest BCUT2D eigenvalue weighted by Gasteiger charge is -2.28. The molecule has 0 bridgehead atoms. The zero-order valence-corrected chi connectivity index (χ0v) is 22.8. The largest absolute Gasteiger partial charge is 0.497 e. The minimum atomic E-state index is -0.845. The molecule has 2 atom stereocenters. The molecule has 0 heterocycles. The normalized spacial score (nSPS) is 16.0. The van der Waals surface area contributed by atoms with E-state index in [9.17, 15) is 19.4 Å². The number of ether oxygens (including phenoxy) is 2. The van der Waals surface area contributed by atoms with Gasteiger partial charge in [-0.15, -0.1) is 0 Å². The highest BCUT2D eigenvalue weighted by molar-refractivity contribution is 5.71. The molecule has 1 saturated carbocycles. The number of rotatable bonds is 10. The van der Waals surface area contributed by atoms with E-state index < -0.39 is 23.3 Å². The van der Waals surface area contributed by atoms with E-state index in [0.29, 0.717) is 28.2 Å². The average Bonchev–Trinajstić information content (AvgIpc) is 3.63. The van der Waals surface area contributed by atoms with Crippen LogP contribution in [0.2, 0.25) is 0 Å². The number of aliphatic hydroxyl groups excluding tert-OH is 1. The van der Waals surface area contributed by atoms with E-state index in [2.05, 4.69) is 6.92 Å². The lowest BCUT2D eigenvalue weighted by Crippen LogP contribution is -2.19. The topological polar surface area (TPSA) is 76.0 Å². The number of carbonyl (C=O) groups is 1. The van der Waals surface area contributed by atoms with Crippen molar-refractivity contribution in [3.8, 4) is 22.6 Å². The second-order valence-corrected chi connectivity index (χ2v) is 11.7. The quantitative estimate of drug-likeness (QED) is 0.289. The van der Waals surface area contributed by atoms with E-state index in [0.717, 1.165) is 24.0 Å². The molecule has 0 amide bonds. The number of halogens is 1. The van der Waals surface area contributed by atoms with Gasteiger partial charge in [0.05, 0.1) is 19.6 Å². The van der Waals surface area contributed by atoms with Gasteiger partial charge in [0.25, 0.3) is 0 Å². The van der Waals surface area contributed by atoms with Crippen molar-refractivity contribution in [3.05, 3.63) is 83.2 Å². The van der Waals surface area contributed by atoms with Crippen molar-refractivity contribution in [2.24, 2.45) is 10.8 Å². The summed E-state index contributed by atoms with van der Waals surface area (Å²) in [5.74, 6) is -0.0653. The minimum absolute atomic E-state index is 0.0141. The van der Waals surface area contributed by atoms with Crippen LogP contribution in [0.25, 0.3) is 11.1 Å². The zero-order chi connectivity index (χ0) is 27.7. The van der Waals surface area contributed by atoms with Gasteiger partial charge in [0.15, 0.2) is 0 Å². The third kappa shape index (κ3) is 6.18. The number of carboxylic acid groups (broad SMARTS) is 1. The molecular weight excluding hydrogens is 483 g/mol. The molecule has 202 valence electrons. The first kappa shape index (κ1) is 27.6. The number of hydrogen-bond donors (Lipinski definition) is 2. The van der Waals surface area contributed by atoms with E-state index in [4.69, 9.17) is 9.47 Å². The third-order valence-corrected chi connectivity index (χ3v) is 7.62. The van der Waals surface area contributed by atoms with Gasteiger partial charge in [-0.25, -0.2) is 4.39 Å². The molecule has 0 spiro atoms. The second-order valence-electron chi connectivity index (χ2n) is 11.7. The highest BCUT2D eigenvalue weighted by Gasteiger charge is 2.46. The van der Waals surface area contributed by atoms with Crippen LogP contribution in [0, 0.1) is 16.6 Å². The molecule has 5 nitrogen and oxygen atoms in total. The molecule has 2 N–H and O–H groups in total. The Balaban J connectivity index is 1.62. The molecule has 3 aromatic carbocycles. The predicted octanol–water partition coefficient (Wildman–Crippen LogP) is 7.52. The molecule has 38 heavy (non-hydrogen) atoms. The molecule has 1 aliphatic carbocycles. The van der Waals surface area contributed by atoms with Crippen molar-refractivity contribution in [1.29, 1.82) is 0 Å². The number of methoxy groups -OCH3 is 1. The highest BCUT2D eigenvalue weighted by Crippen LogP contribution is 2.57. The average molecular weight is 521 g/mol. The fourth-order valence-corrected chi connectivity index (χ4v) is 4.95. The third-order valence-electron chi connectivity index (χ3n) is 7.62. The summed E-state index contributed by atoms with van der Waals surface area (Å²) in [5, 5.41) is 20.7. The summed E-state index contributed by atoms with van der Waals surface area (Å²) < 4.78 is 26.3. The first-order valence-corrected chi connectivity index (χ1v) is 13.0. The fourth-order valence-electron chi connectivity index (χ4n) is 4.95. The van der Waals surface area contributed by atoms with Gasteiger partial charge in [0.2, 0.25) is 0 Å². The molecule has 1 unspecified atom stereocenters. The van der Waals surface area contributed by atoms with Gasteiger partial charge in [-0.3, -0.25) is 4.79 Å². The predicted molar refractivity (Wildman–Crippen MR) is 146 cm³/mol. The SMILES string of the molecule is COc1ccc(F)c(-c2ccc(COc3cccc([C@@H](CC(=O)O)C4(C)CC4)c3)cc2C(O)C(C)(C)C)c1. The Morgan fingerprint density at radius 3 is 2.39 bits per heavy atom. The number of aliphatic carboxylic acids is 1. The van der Waals surface area contributed by atoms with Gasteiger partial charge in [-0.2, -0.15) is 0 Å². The maximum absolute atomic E-state index is 14.9. The van der Waals surface area contributed by atoms with Crippen molar-refractivity contribution < 1.29 is 28.9 Å². The van der Waals surface area contributed by atoms with E-state index in [-0.39, 0.29) is 24.4 Å². The van der Waals surface area contributed by atoms with Crippen molar-refractivity contribution in [2.45, 2.75) is 65.6 Å². The highest BCUT2D eigenvalue weighted by atomic mass is 19.1. The van der Waals surface area contributed by atoms with Gasteiger partial charge in [-0.1, -0.05) is 52.0 Å². The summed E-state index contributed by atoms with van der Waals surface area (Å²) in [7, 11) is 1.53. The summed E-state index contributed by atoms with van der Waals surface area (Å²) in [4.78, 5) is 11.5. The number of benzene rings is 3. The Bertz CT molecular complexity index is 1310. The Labute approximate surface area is 224 Å². The summed E-state index contributed by atoms with van der Waals surface area (Å²) >= 11 is 0. The lowest BCUT2D eigenvalue weighted by molar-refractivity contribution is -0.137. The van der Waals surface area contributed by atoms with Crippen LogP contribution < -0.4 is 9.47 Å².